The fraction of sp³-hybridized carbons (Fsp3) is 0.125. The summed E-state index contributed by atoms with van der Waals surface area (Å²) in [7, 11) is 0. The maximum absolute atomic E-state index is 11.5. The lowest BCUT2D eigenvalue weighted by Crippen LogP contribution is -2.10. The van der Waals surface area contributed by atoms with Gasteiger partial charge in [0.05, 0.1) is 11.0 Å². The van der Waals surface area contributed by atoms with Crippen molar-refractivity contribution in [1.82, 2.24) is 9.55 Å². The number of nitrogens with zero attached hydrogens (tertiary/aromatic N) is 2. The van der Waals surface area contributed by atoms with Crippen LogP contribution in [-0.4, -0.2) is 20.6 Å². The third kappa shape index (κ3) is 2.39. The summed E-state index contributed by atoms with van der Waals surface area (Å²) in [5.41, 5.74) is 9.03. The number of para-hydroxylation sites is 1. The molecule has 0 saturated carbocycles. The van der Waals surface area contributed by atoms with E-state index >= 15 is 0 Å². The third-order valence-electron chi connectivity index (χ3n) is 3.46. The van der Waals surface area contributed by atoms with Crippen molar-refractivity contribution in [2.75, 3.05) is 0 Å². The Labute approximate surface area is 121 Å². The first-order chi connectivity index (χ1) is 10.2. The number of carbonyl (C=O) groups is 1. The van der Waals surface area contributed by atoms with E-state index in [1.54, 1.807) is 4.57 Å². The largest absolute Gasteiger partial charge is 0.475 e. The average Bonchev–Trinajstić information content (AvgIpc) is 2.87. The molecular weight excluding hydrogens is 266 g/mol. The molecule has 0 atom stereocenters. The summed E-state index contributed by atoms with van der Waals surface area (Å²) < 4.78 is 1.71. The van der Waals surface area contributed by atoms with Gasteiger partial charge in [-0.1, -0.05) is 42.5 Å². The van der Waals surface area contributed by atoms with Crippen molar-refractivity contribution in [3.05, 3.63) is 65.5 Å². The van der Waals surface area contributed by atoms with Crippen LogP contribution in [0.1, 0.15) is 21.7 Å². The van der Waals surface area contributed by atoms with E-state index in [2.05, 4.69) is 4.98 Å². The highest BCUT2D eigenvalue weighted by Gasteiger charge is 2.18. The van der Waals surface area contributed by atoms with Crippen LogP contribution < -0.4 is 5.73 Å². The molecule has 0 fully saturated rings. The predicted octanol–water partition coefficient (Wildman–Crippen LogP) is 2.24. The molecule has 0 saturated heterocycles. The van der Waals surface area contributed by atoms with Crippen LogP contribution >= 0.6 is 0 Å². The summed E-state index contributed by atoms with van der Waals surface area (Å²) in [4.78, 5) is 15.7. The Morgan fingerprint density at radius 2 is 1.90 bits per heavy atom. The van der Waals surface area contributed by atoms with Gasteiger partial charge in [-0.25, -0.2) is 9.78 Å². The number of fused-ring (bicyclic) bond motifs is 1. The minimum atomic E-state index is -1.04. The predicted molar refractivity (Wildman–Crippen MR) is 80.1 cm³/mol. The molecule has 0 radical (unpaired) electrons. The third-order valence-corrected chi connectivity index (χ3v) is 3.46. The van der Waals surface area contributed by atoms with Crippen molar-refractivity contribution >= 4 is 17.0 Å². The lowest BCUT2D eigenvalue weighted by atomic mass is 10.2. The smallest absolute Gasteiger partial charge is 0.372 e. The van der Waals surface area contributed by atoms with Crippen molar-refractivity contribution < 1.29 is 9.90 Å². The Hall–Kier alpha value is -2.66. The molecule has 0 bridgehead atoms. The number of carboxylic acids is 1. The molecule has 5 heteroatoms. The zero-order valence-corrected chi connectivity index (χ0v) is 11.4. The van der Waals surface area contributed by atoms with E-state index in [0.717, 1.165) is 16.6 Å². The first-order valence-corrected chi connectivity index (χ1v) is 6.66. The quantitative estimate of drug-likeness (QED) is 0.768. The standard InChI is InChI=1S/C16H15N3O2/c17-9-12-7-4-8-13-14(12)18-15(16(20)21)19(13)10-11-5-2-1-3-6-11/h1-8H,9-10,17H2,(H,20,21). The Morgan fingerprint density at radius 3 is 2.57 bits per heavy atom. The van der Waals surface area contributed by atoms with Crippen LogP contribution in [0.4, 0.5) is 0 Å². The van der Waals surface area contributed by atoms with Crippen molar-refractivity contribution in [1.29, 1.82) is 0 Å². The van der Waals surface area contributed by atoms with Crippen molar-refractivity contribution in [3.8, 4) is 0 Å². The van der Waals surface area contributed by atoms with Gasteiger partial charge in [0.2, 0.25) is 5.82 Å². The van der Waals surface area contributed by atoms with E-state index in [0.29, 0.717) is 18.6 Å². The normalized spacial score (nSPS) is 10.9. The van der Waals surface area contributed by atoms with E-state index in [1.807, 2.05) is 48.5 Å². The van der Waals surface area contributed by atoms with E-state index < -0.39 is 5.97 Å². The van der Waals surface area contributed by atoms with Gasteiger partial charge in [-0.2, -0.15) is 0 Å². The molecule has 3 aromatic rings. The van der Waals surface area contributed by atoms with Crippen LogP contribution in [0.15, 0.2) is 48.5 Å². The number of rotatable bonds is 4. The molecule has 1 heterocycles. The maximum Gasteiger partial charge on any atom is 0.372 e. The molecule has 1 aromatic heterocycles. The van der Waals surface area contributed by atoms with Crippen LogP contribution in [0.2, 0.25) is 0 Å². The Bertz CT molecular complexity index is 794. The summed E-state index contributed by atoms with van der Waals surface area (Å²) in [6.07, 6.45) is 0. The van der Waals surface area contributed by atoms with Crippen molar-refractivity contribution in [2.45, 2.75) is 13.1 Å². The summed E-state index contributed by atoms with van der Waals surface area (Å²) in [6.45, 7) is 0.797. The molecule has 0 unspecified atom stereocenters. The number of benzene rings is 2. The lowest BCUT2D eigenvalue weighted by Gasteiger charge is -2.07. The number of aromatic nitrogens is 2. The van der Waals surface area contributed by atoms with Crippen molar-refractivity contribution in [2.24, 2.45) is 5.73 Å². The molecule has 106 valence electrons. The van der Waals surface area contributed by atoms with Gasteiger partial charge >= 0.3 is 5.97 Å². The second kappa shape index (κ2) is 5.38. The molecule has 0 aliphatic rings. The van der Waals surface area contributed by atoms with Gasteiger partial charge in [0.15, 0.2) is 0 Å². The molecule has 0 amide bonds. The zero-order chi connectivity index (χ0) is 14.8. The lowest BCUT2D eigenvalue weighted by molar-refractivity contribution is 0.0679. The van der Waals surface area contributed by atoms with Gasteiger partial charge in [0.25, 0.3) is 0 Å². The number of hydrogen-bond acceptors (Lipinski definition) is 3. The minimum Gasteiger partial charge on any atom is -0.475 e. The molecule has 0 aliphatic heterocycles. The summed E-state index contributed by atoms with van der Waals surface area (Å²) in [6, 6.07) is 15.3. The summed E-state index contributed by atoms with van der Waals surface area (Å²) in [5.74, 6) is -1.00. The molecule has 3 N–H and O–H groups in total. The fourth-order valence-corrected chi connectivity index (χ4v) is 2.46. The van der Waals surface area contributed by atoms with Crippen LogP contribution in [0.3, 0.4) is 0 Å². The average molecular weight is 281 g/mol. The number of nitrogens with two attached hydrogens (primary N) is 1. The molecule has 0 spiro atoms. The summed E-state index contributed by atoms with van der Waals surface area (Å²) in [5, 5.41) is 9.39. The first kappa shape index (κ1) is 13.3. The molecule has 0 aliphatic carbocycles. The zero-order valence-electron chi connectivity index (χ0n) is 11.4. The number of carboxylic acid groups (broad SMARTS) is 1. The second-order valence-electron chi connectivity index (χ2n) is 4.80. The van der Waals surface area contributed by atoms with Crippen LogP contribution in [-0.2, 0) is 13.1 Å². The van der Waals surface area contributed by atoms with E-state index in [9.17, 15) is 9.90 Å². The second-order valence-corrected chi connectivity index (χ2v) is 4.80. The Kier molecular flexibility index (Phi) is 3.41. The number of aromatic carboxylic acids is 1. The monoisotopic (exact) mass is 281 g/mol. The maximum atomic E-state index is 11.5. The van der Waals surface area contributed by atoms with E-state index in [-0.39, 0.29) is 5.82 Å². The van der Waals surface area contributed by atoms with E-state index in [4.69, 9.17) is 5.73 Å². The van der Waals surface area contributed by atoms with Gasteiger partial charge in [-0.15, -0.1) is 0 Å². The van der Waals surface area contributed by atoms with Gasteiger partial charge in [0, 0.05) is 13.1 Å². The van der Waals surface area contributed by atoms with Gasteiger partial charge < -0.3 is 15.4 Å². The highest BCUT2D eigenvalue weighted by atomic mass is 16.4. The molecule has 5 nitrogen and oxygen atoms in total. The highest BCUT2D eigenvalue weighted by molar-refractivity contribution is 5.91. The number of hydrogen-bond donors (Lipinski definition) is 2. The van der Waals surface area contributed by atoms with Gasteiger partial charge in [-0.05, 0) is 17.2 Å². The summed E-state index contributed by atoms with van der Waals surface area (Å²) >= 11 is 0. The van der Waals surface area contributed by atoms with E-state index in [1.165, 1.54) is 0 Å². The van der Waals surface area contributed by atoms with Crippen molar-refractivity contribution in [3.63, 3.8) is 0 Å². The Balaban J connectivity index is 2.19. The molecule has 21 heavy (non-hydrogen) atoms. The first-order valence-electron chi connectivity index (χ1n) is 6.66. The van der Waals surface area contributed by atoms with Gasteiger partial charge in [-0.3, -0.25) is 0 Å². The van der Waals surface area contributed by atoms with Crippen LogP contribution in [0.25, 0.3) is 11.0 Å². The number of imidazole rings is 1. The molecule has 2 aromatic carbocycles. The topological polar surface area (TPSA) is 81.1 Å². The molecular formula is C16H15N3O2. The van der Waals surface area contributed by atoms with Gasteiger partial charge in [0.1, 0.15) is 0 Å². The Morgan fingerprint density at radius 1 is 1.14 bits per heavy atom. The SMILES string of the molecule is NCc1cccc2c1nc(C(=O)O)n2Cc1ccccc1. The fourth-order valence-electron chi connectivity index (χ4n) is 2.46. The van der Waals surface area contributed by atoms with Crippen LogP contribution in [0.5, 0.6) is 0 Å². The van der Waals surface area contributed by atoms with Crippen LogP contribution in [0, 0.1) is 0 Å². The minimum absolute atomic E-state index is 0.0368. The molecule has 3 rings (SSSR count). The highest BCUT2D eigenvalue weighted by Crippen LogP contribution is 2.21.